The first-order chi connectivity index (χ1) is 12.3. The highest BCUT2D eigenvalue weighted by Gasteiger charge is 2.03. The van der Waals surface area contributed by atoms with Crippen LogP contribution in [0, 0.1) is 0 Å². The van der Waals surface area contributed by atoms with Crippen molar-refractivity contribution >= 4 is 0 Å². The Hall–Kier alpha value is -1.38. The van der Waals surface area contributed by atoms with Gasteiger partial charge in [0.25, 0.3) is 0 Å². The lowest BCUT2D eigenvalue weighted by Gasteiger charge is -2.12. The number of hydrogen-bond acceptors (Lipinski definition) is 2. The summed E-state index contributed by atoms with van der Waals surface area (Å²) in [6.45, 7) is 5.06. The van der Waals surface area contributed by atoms with Crippen LogP contribution in [0.2, 0.25) is 0 Å². The summed E-state index contributed by atoms with van der Waals surface area (Å²) in [5, 5.41) is 9.19. The molecule has 0 spiro atoms. The van der Waals surface area contributed by atoms with Crippen molar-refractivity contribution in [3.63, 3.8) is 0 Å². The molecule has 0 aliphatic carbocycles. The van der Waals surface area contributed by atoms with Gasteiger partial charge in [0, 0.05) is 6.61 Å². The average molecular weight is 347 g/mol. The molecule has 1 N–H and O–H groups in total. The normalized spacial score (nSPS) is 14.2. The number of allylic oxidation sites excluding steroid dienone is 9. The SMILES string of the molecule is CC/C=C\C/C=C\C/C=C\C/C=C\CC/C=C/CC(CO)OCCC. The quantitative estimate of drug-likeness (QED) is 0.262. The van der Waals surface area contributed by atoms with Crippen LogP contribution in [0.4, 0.5) is 0 Å². The van der Waals surface area contributed by atoms with E-state index in [1.54, 1.807) is 0 Å². The number of aliphatic hydroxyl groups excluding tert-OH is 1. The zero-order chi connectivity index (χ0) is 18.4. The van der Waals surface area contributed by atoms with E-state index in [0.29, 0.717) is 0 Å². The molecule has 0 aromatic heterocycles. The minimum absolute atomic E-state index is 0.0476. The monoisotopic (exact) mass is 346 g/mol. The zero-order valence-corrected chi connectivity index (χ0v) is 16.3. The van der Waals surface area contributed by atoms with Crippen molar-refractivity contribution in [2.24, 2.45) is 0 Å². The second-order valence-electron chi connectivity index (χ2n) is 5.96. The van der Waals surface area contributed by atoms with E-state index in [2.05, 4.69) is 74.6 Å². The van der Waals surface area contributed by atoms with E-state index >= 15 is 0 Å². The van der Waals surface area contributed by atoms with Crippen molar-refractivity contribution in [1.29, 1.82) is 0 Å². The summed E-state index contributed by atoms with van der Waals surface area (Å²) in [4.78, 5) is 0. The molecule has 0 saturated carbocycles. The number of aliphatic hydroxyl groups is 1. The number of unbranched alkanes of at least 4 members (excludes halogenated alkanes) is 1. The van der Waals surface area contributed by atoms with Gasteiger partial charge in [0.15, 0.2) is 0 Å². The zero-order valence-electron chi connectivity index (χ0n) is 16.3. The first-order valence-electron chi connectivity index (χ1n) is 9.82. The summed E-state index contributed by atoms with van der Waals surface area (Å²) in [6.07, 6.45) is 30.0. The van der Waals surface area contributed by atoms with Gasteiger partial charge in [0.2, 0.25) is 0 Å². The van der Waals surface area contributed by atoms with Crippen molar-refractivity contribution in [3.05, 3.63) is 60.8 Å². The summed E-state index contributed by atoms with van der Waals surface area (Å²) in [7, 11) is 0. The predicted octanol–water partition coefficient (Wildman–Crippen LogP) is 6.31. The third-order valence-corrected chi connectivity index (χ3v) is 3.55. The molecule has 0 aliphatic heterocycles. The van der Waals surface area contributed by atoms with E-state index < -0.39 is 0 Å². The van der Waals surface area contributed by atoms with Gasteiger partial charge in [0.05, 0.1) is 12.7 Å². The Morgan fingerprint density at radius 3 is 1.76 bits per heavy atom. The standard InChI is InChI=1S/C23H38O2/c1-3-5-6-7-8-9-10-11-12-13-14-15-16-17-18-19-20-23(22-24)25-21-4-2/h5-6,8-9,11-12,14-15,18-19,23-24H,3-4,7,10,13,16-17,20-22H2,1-2H3/b6-5-,9-8-,12-11-,15-14-,19-18+. The van der Waals surface area contributed by atoms with Gasteiger partial charge in [-0.05, 0) is 51.4 Å². The van der Waals surface area contributed by atoms with Crippen molar-refractivity contribution in [2.75, 3.05) is 13.2 Å². The minimum atomic E-state index is -0.0476. The predicted molar refractivity (Wildman–Crippen MR) is 111 cm³/mol. The first-order valence-corrected chi connectivity index (χ1v) is 9.82. The van der Waals surface area contributed by atoms with Crippen LogP contribution in [0.25, 0.3) is 0 Å². The van der Waals surface area contributed by atoms with Crippen LogP contribution in [0.15, 0.2) is 60.8 Å². The van der Waals surface area contributed by atoms with Crippen LogP contribution in [-0.2, 0) is 4.74 Å². The Bertz CT molecular complexity index is 402. The largest absolute Gasteiger partial charge is 0.394 e. The number of rotatable bonds is 16. The fourth-order valence-corrected chi connectivity index (χ4v) is 2.14. The fraction of sp³-hybridized carbons (Fsp3) is 0.565. The van der Waals surface area contributed by atoms with E-state index in [0.717, 1.165) is 58.0 Å². The van der Waals surface area contributed by atoms with E-state index in [1.165, 1.54) is 0 Å². The van der Waals surface area contributed by atoms with Crippen molar-refractivity contribution < 1.29 is 9.84 Å². The molecule has 25 heavy (non-hydrogen) atoms. The summed E-state index contributed by atoms with van der Waals surface area (Å²) in [6, 6.07) is 0. The van der Waals surface area contributed by atoms with Crippen molar-refractivity contribution in [3.8, 4) is 0 Å². The van der Waals surface area contributed by atoms with Gasteiger partial charge in [-0.25, -0.2) is 0 Å². The van der Waals surface area contributed by atoms with Crippen molar-refractivity contribution in [1.82, 2.24) is 0 Å². The molecule has 0 heterocycles. The van der Waals surface area contributed by atoms with Crippen LogP contribution in [0.5, 0.6) is 0 Å². The van der Waals surface area contributed by atoms with Crippen LogP contribution in [-0.4, -0.2) is 24.4 Å². The maximum absolute atomic E-state index is 9.19. The Labute approximate surface area is 155 Å². The maximum atomic E-state index is 9.19. The van der Waals surface area contributed by atoms with E-state index in [-0.39, 0.29) is 12.7 Å². The van der Waals surface area contributed by atoms with Gasteiger partial charge in [-0.2, -0.15) is 0 Å². The molecule has 1 unspecified atom stereocenters. The molecule has 1 atom stereocenters. The Kier molecular flexibility index (Phi) is 19.5. The lowest BCUT2D eigenvalue weighted by molar-refractivity contribution is 0.0155. The molecule has 0 amide bonds. The molecule has 0 aromatic carbocycles. The van der Waals surface area contributed by atoms with Gasteiger partial charge in [0.1, 0.15) is 0 Å². The highest BCUT2D eigenvalue weighted by atomic mass is 16.5. The van der Waals surface area contributed by atoms with E-state index in [9.17, 15) is 5.11 Å². The molecule has 0 radical (unpaired) electrons. The number of hydrogen-bond donors (Lipinski definition) is 1. The summed E-state index contributed by atoms with van der Waals surface area (Å²) >= 11 is 0. The Morgan fingerprint density at radius 1 is 0.720 bits per heavy atom. The molecule has 2 heteroatoms. The molecule has 0 bridgehead atoms. The van der Waals surface area contributed by atoms with E-state index in [4.69, 9.17) is 4.74 Å². The van der Waals surface area contributed by atoms with Crippen LogP contribution in [0.1, 0.15) is 65.2 Å². The van der Waals surface area contributed by atoms with Gasteiger partial charge < -0.3 is 9.84 Å². The third-order valence-electron chi connectivity index (χ3n) is 3.55. The van der Waals surface area contributed by atoms with Gasteiger partial charge in [-0.1, -0.05) is 74.6 Å². The molecular weight excluding hydrogens is 308 g/mol. The van der Waals surface area contributed by atoms with Gasteiger partial charge >= 0.3 is 0 Å². The molecule has 0 fully saturated rings. The fourth-order valence-electron chi connectivity index (χ4n) is 2.14. The highest BCUT2D eigenvalue weighted by Crippen LogP contribution is 2.02. The molecule has 142 valence electrons. The van der Waals surface area contributed by atoms with Gasteiger partial charge in [-0.3, -0.25) is 0 Å². The topological polar surface area (TPSA) is 29.5 Å². The van der Waals surface area contributed by atoms with Crippen LogP contribution >= 0.6 is 0 Å². The van der Waals surface area contributed by atoms with Crippen LogP contribution in [0.3, 0.4) is 0 Å². The van der Waals surface area contributed by atoms with E-state index in [1.807, 2.05) is 0 Å². The Balaban J connectivity index is 3.57. The average Bonchev–Trinajstić information content (AvgIpc) is 2.63. The molecule has 2 nitrogen and oxygen atoms in total. The van der Waals surface area contributed by atoms with Crippen LogP contribution < -0.4 is 0 Å². The smallest absolute Gasteiger partial charge is 0.0840 e. The summed E-state index contributed by atoms with van der Waals surface area (Å²) < 4.78 is 5.53. The molecular formula is C23H38O2. The molecule has 0 aliphatic rings. The maximum Gasteiger partial charge on any atom is 0.0840 e. The lowest BCUT2D eigenvalue weighted by atomic mass is 10.2. The first kappa shape index (κ1) is 23.6. The second-order valence-corrected chi connectivity index (χ2v) is 5.96. The third kappa shape index (κ3) is 18.8. The molecule has 0 rings (SSSR count). The highest BCUT2D eigenvalue weighted by molar-refractivity contribution is 4.99. The second kappa shape index (κ2) is 20.7. The molecule has 0 saturated heterocycles. The van der Waals surface area contributed by atoms with Crippen molar-refractivity contribution in [2.45, 2.75) is 71.3 Å². The summed E-state index contributed by atoms with van der Waals surface area (Å²) in [5.41, 5.74) is 0. The summed E-state index contributed by atoms with van der Waals surface area (Å²) in [5.74, 6) is 0. The lowest BCUT2D eigenvalue weighted by Crippen LogP contribution is -2.17. The Morgan fingerprint density at radius 2 is 1.24 bits per heavy atom. The molecule has 0 aromatic rings. The van der Waals surface area contributed by atoms with Gasteiger partial charge in [-0.15, -0.1) is 0 Å². The number of ether oxygens (including phenoxy) is 1. The minimum Gasteiger partial charge on any atom is -0.394 e.